The molecule has 0 saturated carbocycles. The van der Waals surface area contributed by atoms with E-state index < -0.39 is 15.9 Å². The summed E-state index contributed by atoms with van der Waals surface area (Å²) < 4.78 is 33.3. The Kier molecular flexibility index (Phi) is 7.91. The molecule has 3 N–H and O–H groups in total. The highest BCUT2D eigenvalue weighted by atomic mass is 35.5. The number of carbonyl (C=O) groups is 1. The van der Waals surface area contributed by atoms with Crippen LogP contribution in [-0.2, 0) is 14.8 Å². The van der Waals surface area contributed by atoms with Crippen molar-refractivity contribution in [2.45, 2.75) is 18.7 Å². The number of hydrogen-bond donors (Lipinski definition) is 3. The van der Waals surface area contributed by atoms with E-state index in [0.29, 0.717) is 22.1 Å². The second-order valence-corrected chi connectivity index (χ2v) is 9.73. The van der Waals surface area contributed by atoms with Crippen LogP contribution in [0.4, 0.5) is 11.4 Å². The first-order valence-corrected chi connectivity index (χ1v) is 12.1. The van der Waals surface area contributed by atoms with Crippen molar-refractivity contribution in [3.05, 3.63) is 82.9 Å². The maximum Gasteiger partial charge on any atom is 0.264 e. The summed E-state index contributed by atoms with van der Waals surface area (Å²) in [6.45, 7) is 3.53. The number of sulfonamides is 1. The molecule has 0 bridgehead atoms. The molecule has 3 aromatic rings. The number of thiocarbonyl (C=S) groups is 1. The molecule has 7 nitrogen and oxygen atoms in total. The van der Waals surface area contributed by atoms with Crippen LogP contribution in [0.1, 0.15) is 11.1 Å². The Labute approximate surface area is 203 Å². The zero-order valence-corrected chi connectivity index (χ0v) is 20.3. The summed E-state index contributed by atoms with van der Waals surface area (Å²) in [5, 5.41) is 5.76. The lowest BCUT2D eigenvalue weighted by molar-refractivity contribution is -0.121. The quantitative estimate of drug-likeness (QED) is 0.406. The van der Waals surface area contributed by atoms with E-state index in [2.05, 4.69) is 15.4 Å². The van der Waals surface area contributed by atoms with Crippen molar-refractivity contribution in [3.8, 4) is 5.75 Å². The van der Waals surface area contributed by atoms with Gasteiger partial charge in [0.1, 0.15) is 5.75 Å². The van der Waals surface area contributed by atoms with Gasteiger partial charge in [-0.3, -0.25) is 14.8 Å². The summed E-state index contributed by atoms with van der Waals surface area (Å²) in [5.74, 6) is -0.0799. The van der Waals surface area contributed by atoms with Crippen molar-refractivity contribution in [3.63, 3.8) is 0 Å². The Bertz CT molecular complexity index is 1260. The standard InChI is InChI=1S/C23H22ClN3O4S2/c1-15-11-16(2)13-18(12-15)27-33(29,30)19-9-7-17(8-10-19)25-23(32)26-22(28)14-31-21-6-4-3-5-20(21)24/h3-13,27H,14H2,1-2H3,(H2,25,26,28,32). The number of anilines is 2. The fraction of sp³-hybridized carbons (Fsp3) is 0.130. The SMILES string of the molecule is Cc1cc(C)cc(NS(=O)(=O)c2ccc(NC(=S)NC(=O)COc3ccccc3Cl)cc2)c1. The van der Waals surface area contributed by atoms with Crippen molar-refractivity contribution >= 4 is 56.2 Å². The molecule has 0 aliphatic rings. The number of hydrogen-bond acceptors (Lipinski definition) is 5. The van der Waals surface area contributed by atoms with Gasteiger partial charge in [0.15, 0.2) is 11.7 Å². The predicted molar refractivity (Wildman–Crippen MR) is 134 cm³/mol. The number of carbonyl (C=O) groups excluding carboxylic acids is 1. The van der Waals surface area contributed by atoms with Crippen LogP contribution in [0, 0.1) is 13.8 Å². The summed E-state index contributed by atoms with van der Waals surface area (Å²) in [7, 11) is -3.76. The van der Waals surface area contributed by atoms with Crippen LogP contribution in [0.25, 0.3) is 0 Å². The first-order chi connectivity index (χ1) is 15.6. The molecule has 0 radical (unpaired) electrons. The van der Waals surface area contributed by atoms with Gasteiger partial charge in [0, 0.05) is 11.4 Å². The Hall–Kier alpha value is -3.14. The molecular formula is C23H22ClN3O4S2. The fourth-order valence-corrected chi connectivity index (χ4v) is 4.46. The fourth-order valence-electron chi connectivity index (χ4n) is 3.00. The molecule has 0 heterocycles. The monoisotopic (exact) mass is 503 g/mol. The smallest absolute Gasteiger partial charge is 0.264 e. The number of aryl methyl sites for hydroxylation is 2. The third-order valence-corrected chi connectivity index (χ3v) is 6.26. The molecule has 0 aliphatic heterocycles. The molecule has 3 rings (SSSR count). The number of benzene rings is 3. The molecule has 0 aromatic heterocycles. The molecule has 172 valence electrons. The van der Waals surface area contributed by atoms with Gasteiger partial charge >= 0.3 is 0 Å². The van der Waals surface area contributed by atoms with Crippen molar-refractivity contribution in [2.75, 3.05) is 16.6 Å². The van der Waals surface area contributed by atoms with E-state index in [9.17, 15) is 13.2 Å². The van der Waals surface area contributed by atoms with E-state index in [-0.39, 0.29) is 16.6 Å². The van der Waals surface area contributed by atoms with Crippen LogP contribution in [0.3, 0.4) is 0 Å². The Balaban J connectivity index is 1.55. The predicted octanol–water partition coefficient (Wildman–Crippen LogP) is 4.65. The van der Waals surface area contributed by atoms with Crippen molar-refractivity contribution < 1.29 is 17.9 Å². The maximum atomic E-state index is 12.7. The van der Waals surface area contributed by atoms with Gasteiger partial charge in [-0.15, -0.1) is 0 Å². The molecule has 3 aromatic carbocycles. The molecular weight excluding hydrogens is 482 g/mol. The summed E-state index contributed by atoms with van der Waals surface area (Å²) >= 11 is 11.1. The minimum Gasteiger partial charge on any atom is -0.482 e. The highest BCUT2D eigenvalue weighted by Gasteiger charge is 2.15. The molecule has 0 saturated heterocycles. The van der Waals surface area contributed by atoms with Crippen molar-refractivity contribution in [2.24, 2.45) is 0 Å². The summed E-state index contributed by atoms with van der Waals surface area (Å²) in [5.41, 5.74) is 2.93. The van der Waals surface area contributed by atoms with E-state index >= 15 is 0 Å². The molecule has 33 heavy (non-hydrogen) atoms. The maximum absolute atomic E-state index is 12.7. The first-order valence-electron chi connectivity index (χ1n) is 9.82. The molecule has 0 unspecified atom stereocenters. The zero-order valence-electron chi connectivity index (χ0n) is 17.9. The second kappa shape index (κ2) is 10.7. The largest absolute Gasteiger partial charge is 0.482 e. The number of halogens is 1. The number of nitrogens with one attached hydrogen (secondary N) is 3. The highest BCUT2D eigenvalue weighted by molar-refractivity contribution is 7.92. The van der Waals surface area contributed by atoms with Gasteiger partial charge in [-0.1, -0.05) is 29.8 Å². The summed E-state index contributed by atoms with van der Waals surface area (Å²) in [4.78, 5) is 12.1. The molecule has 1 amide bonds. The van der Waals surface area contributed by atoms with Crippen molar-refractivity contribution in [1.29, 1.82) is 0 Å². The van der Waals surface area contributed by atoms with E-state index in [0.717, 1.165) is 11.1 Å². The third kappa shape index (κ3) is 7.18. The van der Waals surface area contributed by atoms with Gasteiger partial charge in [0.25, 0.3) is 15.9 Å². The average Bonchev–Trinajstić information content (AvgIpc) is 2.72. The van der Waals surface area contributed by atoms with Crippen LogP contribution in [-0.4, -0.2) is 26.0 Å². The molecule has 0 atom stereocenters. The number of amides is 1. The Morgan fingerprint density at radius 2 is 1.61 bits per heavy atom. The van der Waals surface area contributed by atoms with Gasteiger partial charge in [0.05, 0.1) is 9.92 Å². The van der Waals surface area contributed by atoms with Crippen LogP contribution >= 0.6 is 23.8 Å². The van der Waals surface area contributed by atoms with Crippen LogP contribution in [0.5, 0.6) is 5.75 Å². The molecule has 10 heteroatoms. The third-order valence-electron chi connectivity index (χ3n) is 4.34. The first kappa shape index (κ1) is 24.5. The lowest BCUT2D eigenvalue weighted by atomic mass is 10.1. The van der Waals surface area contributed by atoms with Crippen LogP contribution in [0.2, 0.25) is 5.02 Å². The van der Waals surface area contributed by atoms with Gasteiger partial charge in [-0.2, -0.15) is 0 Å². The minimum atomic E-state index is -3.76. The van der Waals surface area contributed by atoms with Crippen LogP contribution < -0.4 is 20.1 Å². The highest BCUT2D eigenvalue weighted by Crippen LogP contribution is 2.23. The lowest BCUT2D eigenvalue weighted by Crippen LogP contribution is -2.37. The van der Waals surface area contributed by atoms with Gasteiger partial charge < -0.3 is 10.1 Å². The van der Waals surface area contributed by atoms with E-state index in [1.807, 2.05) is 19.9 Å². The lowest BCUT2D eigenvalue weighted by Gasteiger charge is -2.12. The van der Waals surface area contributed by atoms with Crippen LogP contribution in [0.15, 0.2) is 71.6 Å². The second-order valence-electron chi connectivity index (χ2n) is 7.23. The zero-order chi connectivity index (χ0) is 24.0. The average molecular weight is 504 g/mol. The topological polar surface area (TPSA) is 96.5 Å². The number of ether oxygens (including phenoxy) is 1. The van der Waals surface area contributed by atoms with E-state index in [4.69, 9.17) is 28.6 Å². The normalized spacial score (nSPS) is 10.9. The van der Waals surface area contributed by atoms with Gasteiger partial charge in [-0.05, 0) is 85.7 Å². The van der Waals surface area contributed by atoms with Gasteiger partial charge in [0.2, 0.25) is 0 Å². The van der Waals surface area contributed by atoms with Gasteiger partial charge in [-0.25, -0.2) is 8.42 Å². The molecule has 0 fully saturated rings. The Morgan fingerprint density at radius 3 is 2.24 bits per heavy atom. The van der Waals surface area contributed by atoms with Crippen molar-refractivity contribution in [1.82, 2.24) is 5.32 Å². The van der Waals surface area contributed by atoms with E-state index in [1.165, 1.54) is 12.1 Å². The summed E-state index contributed by atoms with van der Waals surface area (Å²) in [6, 6.07) is 18.3. The number of rotatable bonds is 7. The molecule has 0 spiro atoms. The van der Waals surface area contributed by atoms with E-state index in [1.54, 1.807) is 48.5 Å². The summed E-state index contributed by atoms with van der Waals surface area (Å²) in [6.07, 6.45) is 0. The Morgan fingerprint density at radius 1 is 0.970 bits per heavy atom. The minimum absolute atomic E-state index is 0.0479. The molecule has 0 aliphatic carbocycles. The number of para-hydroxylation sites is 1.